The third-order valence-corrected chi connectivity index (χ3v) is 7.55. The Morgan fingerprint density at radius 2 is 1.54 bits per heavy atom. The molecule has 2 aromatic carbocycles. The van der Waals surface area contributed by atoms with Gasteiger partial charge in [0.1, 0.15) is 0 Å². The second-order valence-corrected chi connectivity index (χ2v) is 12.5. The van der Waals surface area contributed by atoms with Crippen LogP contribution in [-0.4, -0.2) is 13.2 Å². The molecule has 1 nitrogen and oxygen atoms in total. The molecule has 0 spiro atoms. The van der Waals surface area contributed by atoms with Gasteiger partial charge in [0, 0.05) is 0 Å². The fraction of sp³-hybridized carbons (Fsp3) is 0.364. The zero-order valence-corrected chi connectivity index (χ0v) is 16.2. The molecule has 1 unspecified atom stereocenters. The fourth-order valence-corrected chi connectivity index (χ4v) is 4.96. The van der Waals surface area contributed by atoms with Crippen LogP contribution in [0, 0.1) is 0 Å². The minimum absolute atomic E-state index is 0.350. The second kappa shape index (κ2) is 9.00. The van der Waals surface area contributed by atoms with Gasteiger partial charge in [-0.3, -0.25) is 0 Å². The highest BCUT2D eigenvalue weighted by atomic mass is 28.3. The maximum absolute atomic E-state index is 10.5. The van der Waals surface area contributed by atoms with Crippen molar-refractivity contribution in [2.45, 2.75) is 51.1 Å². The van der Waals surface area contributed by atoms with Gasteiger partial charge in [0.25, 0.3) is 0 Å². The Bertz CT molecular complexity index is 629. The average Bonchev–Trinajstić information content (AvgIpc) is 2.61. The van der Waals surface area contributed by atoms with Crippen LogP contribution in [0.15, 0.2) is 66.7 Å². The Balaban J connectivity index is 1.93. The van der Waals surface area contributed by atoms with E-state index in [2.05, 4.69) is 80.7 Å². The third kappa shape index (κ3) is 5.77. The second-order valence-electron chi connectivity index (χ2n) is 7.29. The Morgan fingerprint density at radius 1 is 0.917 bits per heavy atom. The standard InChI is InChI=1S/C22H30OSi/c1-4-5-9-17-24(2,3)18-16-22(23)21-14-12-20(13-15-21)19-10-7-6-8-11-19/h5-15,22-23H,4,16-18H2,1-3H3. The largest absolute Gasteiger partial charge is 0.388 e. The lowest BCUT2D eigenvalue weighted by Gasteiger charge is -2.22. The summed E-state index contributed by atoms with van der Waals surface area (Å²) in [6.45, 7) is 7.00. The molecule has 0 saturated carbocycles. The number of benzene rings is 2. The summed E-state index contributed by atoms with van der Waals surface area (Å²) in [7, 11) is -1.25. The first-order valence-electron chi connectivity index (χ1n) is 9.00. The Morgan fingerprint density at radius 3 is 2.17 bits per heavy atom. The van der Waals surface area contributed by atoms with Crippen molar-refractivity contribution in [2.24, 2.45) is 0 Å². The van der Waals surface area contributed by atoms with Crippen LogP contribution in [0.5, 0.6) is 0 Å². The molecule has 0 fully saturated rings. The van der Waals surface area contributed by atoms with Crippen LogP contribution >= 0.6 is 0 Å². The quantitative estimate of drug-likeness (QED) is 0.433. The highest BCUT2D eigenvalue weighted by Gasteiger charge is 2.20. The fourth-order valence-electron chi connectivity index (χ4n) is 2.89. The first-order chi connectivity index (χ1) is 11.5. The maximum Gasteiger partial charge on any atom is 0.0787 e. The van der Waals surface area contributed by atoms with Gasteiger partial charge in [0.2, 0.25) is 0 Å². The van der Waals surface area contributed by atoms with Crippen LogP contribution in [0.4, 0.5) is 0 Å². The van der Waals surface area contributed by atoms with Gasteiger partial charge in [-0.2, -0.15) is 0 Å². The van der Waals surface area contributed by atoms with Crippen molar-refractivity contribution < 1.29 is 5.11 Å². The van der Waals surface area contributed by atoms with E-state index in [4.69, 9.17) is 0 Å². The van der Waals surface area contributed by atoms with Crippen LogP contribution in [0.3, 0.4) is 0 Å². The molecule has 1 atom stereocenters. The van der Waals surface area contributed by atoms with Crippen molar-refractivity contribution in [1.29, 1.82) is 0 Å². The van der Waals surface area contributed by atoms with Crippen molar-refractivity contribution in [3.8, 4) is 11.1 Å². The number of hydrogen-bond donors (Lipinski definition) is 1. The molecule has 0 saturated heterocycles. The minimum Gasteiger partial charge on any atom is -0.388 e. The van der Waals surface area contributed by atoms with Crippen molar-refractivity contribution in [1.82, 2.24) is 0 Å². The maximum atomic E-state index is 10.5. The summed E-state index contributed by atoms with van der Waals surface area (Å²) in [5.41, 5.74) is 3.45. The van der Waals surface area contributed by atoms with Crippen LogP contribution in [-0.2, 0) is 0 Å². The summed E-state index contributed by atoms with van der Waals surface area (Å²) < 4.78 is 0. The van der Waals surface area contributed by atoms with Crippen LogP contribution in [0.25, 0.3) is 11.1 Å². The lowest BCUT2D eigenvalue weighted by atomic mass is 10.0. The van der Waals surface area contributed by atoms with Gasteiger partial charge in [0.05, 0.1) is 14.2 Å². The molecule has 0 bridgehead atoms. The molecule has 2 heteroatoms. The third-order valence-electron chi connectivity index (χ3n) is 4.57. The van der Waals surface area contributed by atoms with Crippen LogP contribution in [0.2, 0.25) is 25.2 Å². The topological polar surface area (TPSA) is 20.2 Å². The van der Waals surface area contributed by atoms with E-state index in [9.17, 15) is 5.11 Å². The van der Waals surface area contributed by atoms with Gasteiger partial charge < -0.3 is 5.11 Å². The van der Waals surface area contributed by atoms with Gasteiger partial charge in [-0.05, 0) is 35.6 Å². The molecule has 128 valence electrons. The minimum atomic E-state index is -1.25. The zero-order chi connectivity index (χ0) is 17.4. The summed E-state index contributed by atoms with van der Waals surface area (Å²) in [6, 6.07) is 21.1. The number of aliphatic hydroxyl groups is 1. The van der Waals surface area contributed by atoms with Gasteiger partial charge in [-0.1, -0.05) is 92.8 Å². The monoisotopic (exact) mass is 338 g/mol. The lowest BCUT2D eigenvalue weighted by molar-refractivity contribution is 0.173. The summed E-state index contributed by atoms with van der Waals surface area (Å²) in [5, 5.41) is 10.5. The molecular formula is C22H30OSi. The van der Waals surface area contributed by atoms with E-state index in [0.717, 1.165) is 24.4 Å². The van der Waals surface area contributed by atoms with E-state index in [-0.39, 0.29) is 6.10 Å². The van der Waals surface area contributed by atoms with E-state index < -0.39 is 8.07 Å². The normalized spacial score (nSPS) is 13.3. The van der Waals surface area contributed by atoms with E-state index in [1.807, 2.05) is 6.07 Å². The number of allylic oxidation sites excluding steroid dienone is 2. The SMILES string of the molecule is CCC=CC[Si](C)(C)CCC(O)c1ccc(-c2ccccc2)cc1. The molecule has 2 rings (SSSR count). The van der Waals surface area contributed by atoms with Gasteiger partial charge in [0.15, 0.2) is 0 Å². The van der Waals surface area contributed by atoms with E-state index in [0.29, 0.717) is 0 Å². The van der Waals surface area contributed by atoms with E-state index >= 15 is 0 Å². The summed E-state index contributed by atoms with van der Waals surface area (Å²) in [5.74, 6) is 0. The Hall–Kier alpha value is -1.64. The van der Waals surface area contributed by atoms with E-state index in [1.165, 1.54) is 17.2 Å². The van der Waals surface area contributed by atoms with Gasteiger partial charge in [-0.25, -0.2) is 0 Å². The predicted octanol–water partition coefficient (Wildman–Crippen LogP) is 6.45. The molecule has 0 aromatic heterocycles. The lowest BCUT2D eigenvalue weighted by Crippen LogP contribution is -2.24. The first kappa shape index (κ1) is 18.7. The molecule has 24 heavy (non-hydrogen) atoms. The molecular weight excluding hydrogens is 308 g/mol. The molecule has 0 aliphatic heterocycles. The van der Waals surface area contributed by atoms with Crippen molar-refractivity contribution in [3.63, 3.8) is 0 Å². The summed E-state index contributed by atoms with van der Waals surface area (Å²) in [6.07, 6.45) is 6.21. The zero-order valence-electron chi connectivity index (χ0n) is 15.2. The summed E-state index contributed by atoms with van der Waals surface area (Å²) >= 11 is 0. The van der Waals surface area contributed by atoms with Gasteiger partial charge in [-0.15, -0.1) is 0 Å². The van der Waals surface area contributed by atoms with Crippen molar-refractivity contribution in [3.05, 3.63) is 72.3 Å². The highest BCUT2D eigenvalue weighted by molar-refractivity contribution is 6.77. The van der Waals surface area contributed by atoms with Crippen LogP contribution in [0.1, 0.15) is 31.4 Å². The van der Waals surface area contributed by atoms with Crippen LogP contribution < -0.4 is 0 Å². The molecule has 0 aliphatic rings. The number of rotatable bonds is 8. The predicted molar refractivity (Wildman–Crippen MR) is 108 cm³/mol. The molecule has 0 aliphatic carbocycles. The van der Waals surface area contributed by atoms with Crippen molar-refractivity contribution in [2.75, 3.05) is 0 Å². The van der Waals surface area contributed by atoms with E-state index in [1.54, 1.807) is 0 Å². The molecule has 0 amide bonds. The average molecular weight is 339 g/mol. The van der Waals surface area contributed by atoms with Gasteiger partial charge >= 0.3 is 0 Å². The number of aliphatic hydroxyl groups excluding tert-OH is 1. The first-order valence-corrected chi connectivity index (χ1v) is 12.4. The highest BCUT2D eigenvalue weighted by Crippen LogP contribution is 2.27. The smallest absolute Gasteiger partial charge is 0.0787 e. The molecule has 2 aromatic rings. The molecule has 0 radical (unpaired) electrons. The molecule has 1 N–H and O–H groups in total. The van der Waals surface area contributed by atoms with Crippen molar-refractivity contribution >= 4 is 8.07 Å². The Kier molecular flexibility index (Phi) is 7.01. The number of hydrogen-bond acceptors (Lipinski definition) is 1. The Labute approximate surface area is 148 Å². The summed E-state index contributed by atoms with van der Waals surface area (Å²) in [4.78, 5) is 0. The molecule has 0 heterocycles.